The van der Waals surface area contributed by atoms with E-state index in [1.54, 1.807) is 6.20 Å². The highest BCUT2D eigenvalue weighted by molar-refractivity contribution is 7.80. The monoisotopic (exact) mass is 487 g/mol. The largest absolute Gasteiger partial charge is 0.352 e. The van der Waals surface area contributed by atoms with Crippen molar-refractivity contribution in [2.75, 3.05) is 0 Å². The van der Waals surface area contributed by atoms with Gasteiger partial charge in [-0.15, -0.1) is 0 Å². The highest BCUT2D eigenvalue weighted by Gasteiger charge is 2.41. The van der Waals surface area contributed by atoms with Crippen LogP contribution in [0.3, 0.4) is 0 Å². The minimum absolute atomic E-state index is 0.0259. The van der Waals surface area contributed by atoms with Gasteiger partial charge in [-0.3, -0.25) is 9.97 Å². The number of rotatable bonds is 5. The zero-order chi connectivity index (χ0) is 23.8. The number of benzene rings is 1. The zero-order valence-corrected chi connectivity index (χ0v) is 20.9. The summed E-state index contributed by atoms with van der Waals surface area (Å²) in [6.45, 7) is 7.03. The minimum Gasteiger partial charge on any atom is -0.352 e. The number of halogens is 1. The number of hydrogen-bond acceptors (Lipinski definition) is 3. The Bertz CT molecular complexity index is 1340. The molecule has 7 heteroatoms. The molecule has 1 saturated heterocycles. The molecule has 0 aliphatic carbocycles. The van der Waals surface area contributed by atoms with Gasteiger partial charge in [0.25, 0.3) is 0 Å². The second kappa shape index (κ2) is 9.20. The molecule has 2 unspecified atom stereocenters. The summed E-state index contributed by atoms with van der Waals surface area (Å²) in [6, 6.07) is 18.3. The van der Waals surface area contributed by atoms with Crippen molar-refractivity contribution >= 4 is 28.9 Å². The van der Waals surface area contributed by atoms with Gasteiger partial charge in [0.05, 0.1) is 17.8 Å². The van der Waals surface area contributed by atoms with E-state index in [2.05, 4.69) is 69.8 Å². The molecular weight excluding hydrogens is 462 g/mol. The van der Waals surface area contributed by atoms with Gasteiger partial charge in [0, 0.05) is 47.2 Å². The molecule has 0 amide bonds. The predicted molar refractivity (Wildman–Crippen MR) is 140 cm³/mol. The molecule has 1 aliphatic heterocycles. The fourth-order valence-corrected chi connectivity index (χ4v) is 5.37. The van der Waals surface area contributed by atoms with E-state index in [0.29, 0.717) is 11.7 Å². The van der Waals surface area contributed by atoms with Gasteiger partial charge >= 0.3 is 0 Å². The van der Waals surface area contributed by atoms with Gasteiger partial charge < -0.3 is 14.8 Å². The Morgan fingerprint density at radius 1 is 1.03 bits per heavy atom. The van der Waals surface area contributed by atoms with Crippen LogP contribution in [0.4, 0.5) is 0 Å². The average Bonchev–Trinajstić information content (AvgIpc) is 3.32. The number of hydrogen-bond donors (Lipinski definition) is 1. The molecule has 1 fully saturated rings. The first-order valence-corrected chi connectivity index (χ1v) is 12.1. The van der Waals surface area contributed by atoms with Crippen LogP contribution in [0.25, 0.3) is 5.69 Å². The lowest BCUT2D eigenvalue weighted by Crippen LogP contribution is -2.29. The summed E-state index contributed by atoms with van der Waals surface area (Å²) >= 11 is 12.3. The summed E-state index contributed by atoms with van der Waals surface area (Å²) < 4.78 is 2.29. The SMILES string of the molecule is Cc1c(Cl)cccc1-n1c(C)cc(C2C(c3ccccn3)NC(=S)N2Cc2cccnc2)c1C. The molecule has 3 aromatic heterocycles. The summed E-state index contributed by atoms with van der Waals surface area (Å²) in [5, 5.41) is 5.03. The Morgan fingerprint density at radius 3 is 2.62 bits per heavy atom. The minimum atomic E-state index is -0.0696. The number of aromatic nitrogens is 3. The van der Waals surface area contributed by atoms with E-state index in [-0.39, 0.29) is 12.1 Å². The van der Waals surface area contributed by atoms with Crippen LogP contribution in [-0.2, 0) is 6.54 Å². The lowest BCUT2D eigenvalue weighted by molar-refractivity contribution is 0.310. The molecule has 5 rings (SSSR count). The van der Waals surface area contributed by atoms with Crippen molar-refractivity contribution in [3.63, 3.8) is 0 Å². The standard InChI is InChI=1S/C27H26ClN5S/c1-17-14-21(19(3)33(17)24-11-6-9-22(28)18(24)2)26-25(23-10-4-5-13-30-23)31-27(34)32(26)16-20-8-7-12-29-15-20/h4-15,25-26H,16H2,1-3H3,(H,31,34). The fraction of sp³-hybridized carbons (Fsp3) is 0.222. The first-order chi connectivity index (χ1) is 16.5. The maximum atomic E-state index is 6.48. The Morgan fingerprint density at radius 2 is 1.88 bits per heavy atom. The van der Waals surface area contributed by atoms with E-state index in [4.69, 9.17) is 23.8 Å². The highest BCUT2D eigenvalue weighted by Crippen LogP contribution is 2.42. The average molecular weight is 488 g/mol. The molecule has 0 radical (unpaired) electrons. The van der Waals surface area contributed by atoms with Crippen molar-refractivity contribution in [2.24, 2.45) is 0 Å². The molecule has 2 atom stereocenters. The second-order valence-electron chi connectivity index (χ2n) is 8.66. The number of nitrogens with zero attached hydrogens (tertiary/aromatic N) is 4. The number of nitrogens with one attached hydrogen (secondary N) is 1. The topological polar surface area (TPSA) is 46.0 Å². The smallest absolute Gasteiger partial charge is 0.170 e. The maximum Gasteiger partial charge on any atom is 0.170 e. The van der Waals surface area contributed by atoms with E-state index in [9.17, 15) is 0 Å². The first-order valence-electron chi connectivity index (χ1n) is 11.3. The van der Waals surface area contributed by atoms with Crippen molar-refractivity contribution in [3.05, 3.63) is 112 Å². The van der Waals surface area contributed by atoms with Crippen LogP contribution < -0.4 is 5.32 Å². The molecule has 172 valence electrons. The fourth-order valence-electron chi connectivity index (χ4n) is 4.90. The van der Waals surface area contributed by atoms with Crippen LogP contribution in [0.15, 0.2) is 73.2 Å². The Hall–Kier alpha value is -3.22. The molecule has 0 saturated carbocycles. The first kappa shape index (κ1) is 22.6. The quantitative estimate of drug-likeness (QED) is 0.349. The molecule has 4 heterocycles. The third-order valence-corrected chi connectivity index (χ3v) is 7.30. The van der Waals surface area contributed by atoms with E-state index in [1.165, 1.54) is 5.56 Å². The lowest BCUT2D eigenvalue weighted by atomic mass is 9.96. The highest BCUT2D eigenvalue weighted by atomic mass is 35.5. The third kappa shape index (κ3) is 3.97. The van der Waals surface area contributed by atoms with Crippen LogP contribution in [-0.4, -0.2) is 24.5 Å². The van der Waals surface area contributed by atoms with Crippen molar-refractivity contribution in [3.8, 4) is 5.69 Å². The summed E-state index contributed by atoms with van der Waals surface area (Å²) in [6.07, 6.45) is 5.52. The van der Waals surface area contributed by atoms with Crippen LogP contribution in [0.2, 0.25) is 5.02 Å². The van der Waals surface area contributed by atoms with Crippen LogP contribution in [0.1, 0.15) is 45.9 Å². The van der Waals surface area contributed by atoms with Gasteiger partial charge in [0.2, 0.25) is 0 Å². The molecule has 1 N–H and O–H groups in total. The van der Waals surface area contributed by atoms with E-state index in [1.807, 2.05) is 42.7 Å². The van der Waals surface area contributed by atoms with Gasteiger partial charge in [-0.05, 0) is 86.1 Å². The number of pyridine rings is 2. The third-order valence-electron chi connectivity index (χ3n) is 6.54. The Balaban J connectivity index is 1.64. The molecule has 4 aromatic rings. The van der Waals surface area contributed by atoms with Gasteiger partial charge in [-0.25, -0.2) is 0 Å². The van der Waals surface area contributed by atoms with Gasteiger partial charge in [0.1, 0.15) is 0 Å². The maximum absolute atomic E-state index is 6.48. The van der Waals surface area contributed by atoms with Crippen molar-refractivity contribution in [1.82, 2.24) is 24.8 Å². The molecule has 1 aliphatic rings. The second-order valence-corrected chi connectivity index (χ2v) is 9.46. The van der Waals surface area contributed by atoms with Crippen LogP contribution >= 0.6 is 23.8 Å². The van der Waals surface area contributed by atoms with Crippen molar-refractivity contribution < 1.29 is 0 Å². The zero-order valence-electron chi connectivity index (χ0n) is 19.4. The molecular formula is C27H26ClN5S. The van der Waals surface area contributed by atoms with E-state index >= 15 is 0 Å². The number of aryl methyl sites for hydroxylation is 1. The summed E-state index contributed by atoms with van der Waals surface area (Å²) in [7, 11) is 0. The van der Waals surface area contributed by atoms with Gasteiger partial charge in [-0.1, -0.05) is 29.8 Å². The van der Waals surface area contributed by atoms with Crippen molar-refractivity contribution in [1.29, 1.82) is 0 Å². The molecule has 1 aromatic carbocycles. The molecule has 0 bridgehead atoms. The summed E-state index contributed by atoms with van der Waals surface area (Å²) in [5.41, 5.74) is 7.75. The van der Waals surface area contributed by atoms with Gasteiger partial charge in [-0.2, -0.15) is 0 Å². The molecule has 0 spiro atoms. The van der Waals surface area contributed by atoms with Gasteiger partial charge in [0.15, 0.2) is 5.11 Å². The molecule has 5 nitrogen and oxygen atoms in total. The van der Waals surface area contributed by atoms with Crippen LogP contribution in [0, 0.1) is 20.8 Å². The number of thiocarbonyl (C=S) groups is 1. The van der Waals surface area contributed by atoms with E-state index in [0.717, 1.165) is 38.9 Å². The Kier molecular flexibility index (Phi) is 6.11. The lowest BCUT2D eigenvalue weighted by Gasteiger charge is -2.28. The van der Waals surface area contributed by atoms with Crippen LogP contribution in [0.5, 0.6) is 0 Å². The predicted octanol–water partition coefficient (Wildman–Crippen LogP) is 6.02. The Labute approximate surface area is 210 Å². The molecule has 34 heavy (non-hydrogen) atoms. The van der Waals surface area contributed by atoms with E-state index < -0.39 is 0 Å². The van der Waals surface area contributed by atoms with Crippen molar-refractivity contribution in [2.45, 2.75) is 39.4 Å². The summed E-state index contributed by atoms with van der Waals surface area (Å²) in [5.74, 6) is 0. The summed E-state index contributed by atoms with van der Waals surface area (Å²) in [4.78, 5) is 11.2. The normalized spacial score (nSPS) is 17.8.